The van der Waals surface area contributed by atoms with E-state index in [-0.39, 0.29) is 11.3 Å². The highest BCUT2D eigenvalue weighted by Crippen LogP contribution is 2.43. The van der Waals surface area contributed by atoms with Gasteiger partial charge in [0, 0.05) is 19.2 Å². The zero-order chi connectivity index (χ0) is 18.3. The minimum atomic E-state index is -0.355. The molecule has 5 rings (SSSR count). The average molecular weight is 361 g/mol. The molecule has 0 bridgehead atoms. The molecule has 1 amide bonds. The summed E-state index contributed by atoms with van der Waals surface area (Å²) in [5.74, 6) is 1.10. The molecule has 1 aliphatic carbocycles. The second-order valence-corrected chi connectivity index (χ2v) is 7.63. The van der Waals surface area contributed by atoms with E-state index in [1.165, 1.54) is 5.56 Å². The lowest BCUT2D eigenvalue weighted by molar-refractivity contribution is -0.138. The monoisotopic (exact) mass is 361 g/mol. The molecule has 1 fully saturated rings. The van der Waals surface area contributed by atoms with Crippen LogP contribution in [0.25, 0.3) is 11.4 Å². The number of hydrogen-bond donors (Lipinski definition) is 2. The van der Waals surface area contributed by atoms with Gasteiger partial charge < -0.3 is 9.88 Å². The van der Waals surface area contributed by atoms with Crippen molar-refractivity contribution < 1.29 is 4.79 Å². The van der Waals surface area contributed by atoms with Gasteiger partial charge in [0.15, 0.2) is 0 Å². The zero-order valence-corrected chi connectivity index (χ0v) is 15.2. The van der Waals surface area contributed by atoms with Crippen molar-refractivity contribution in [2.45, 2.75) is 44.1 Å². The molecule has 0 saturated heterocycles. The molecule has 6 nitrogen and oxygen atoms in total. The molecule has 3 aromatic rings. The van der Waals surface area contributed by atoms with Crippen LogP contribution in [-0.4, -0.2) is 37.5 Å². The lowest BCUT2D eigenvalue weighted by atomic mass is 9.77. The number of hydrogen-bond acceptors (Lipinski definition) is 3. The number of H-pyrrole nitrogens is 2. The number of amides is 1. The summed E-state index contributed by atoms with van der Waals surface area (Å²) in [6.07, 6.45) is 8.51. The summed E-state index contributed by atoms with van der Waals surface area (Å²) in [7, 11) is 0. The van der Waals surface area contributed by atoms with Crippen molar-refractivity contribution in [1.82, 2.24) is 25.1 Å². The molecule has 27 heavy (non-hydrogen) atoms. The topological polar surface area (TPSA) is 77.7 Å². The van der Waals surface area contributed by atoms with E-state index in [1.54, 1.807) is 6.20 Å². The Kier molecular flexibility index (Phi) is 3.85. The predicted octanol–water partition coefficient (Wildman–Crippen LogP) is 3.20. The lowest BCUT2D eigenvalue weighted by Gasteiger charge is -2.36. The van der Waals surface area contributed by atoms with Crippen molar-refractivity contribution in [2.24, 2.45) is 0 Å². The maximum atomic E-state index is 13.6. The third kappa shape index (κ3) is 2.67. The van der Waals surface area contributed by atoms with Gasteiger partial charge in [-0.2, -0.15) is 5.10 Å². The molecule has 2 aromatic heterocycles. The Labute approximate surface area is 158 Å². The van der Waals surface area contributed by atoms with Gasteiger partial charge in [0.2, 0.25) is 5.91 Å². The van der Waals surface area contributed by atoms with E-state index in [1.807, 2.05) is 29.3 Å². The second-order valence-electron chi connectivity index (χ2n) is 7.63. The molecule has 2 N–H and O–H groups in total. The SMILES string of the molecule is O=C(N1CCc2nc(-c3cn[nH]c3)[nH]c2C1)C1(c2ccccc2)CCCC1. The number of fused-ring (bicyclic) bond motifs is 1. The van der Waals surface area contributed by atoms with Crippen LogP contribution in [0, 0.1) is 0 Å². The number of carbonyl (C=O) groups is 1. The molecule has 1 saturated carbocycles. The predicted molar refractivity (Wildman–Crippen MR) is 102 cm³/mol. The molecule has 1 aliphatic heterocycles. The van der Waals surface area contributed by atoms with E-state index >= 15 is 0 Å². The first-order valence-electron chi connectivity index (χ1n) is 9.68. The van der Waals surface area contributed by atoms with E-state index in [2.05, 4.69) is 27.3 Å². The molecular weight excluding hydrogens is 338 g/mol. The number of aromatic amines is 2. The molecule has 138 valence electrons. The quantitative estimate of drug-likeness (QED) is 0.752. The van der Waals surface area contributed by atoms with Crippen molar-refractivity contribution in [3.8, 4) is 11.4 Å². The van der Waals surface area contributed by atoms with Crippen LogP contribution in [-0.2, 0) is 23.2 Å². The van der Waals surface area contributed by atoms with Gasteiger partial charge in [0.05, 0.1) is 35.1 Å². The van der Waals surface area contributed by atoms with E-state index in [4.69, 9.17) is 4.98 Å². The third-order valence-corrected chi connectivity index (χ3v) is 6.08. The number of imidazole rings is 1. The molecule has 0 spiro atoms. The van der Waals surface area contributed by atoms with E-state index in [0.717, 1.165) is 61.4 Å². The van der Waals surface area contributed by atoms with E-state index in [0.29, 0.717) is 6.54 Å². The number of nitrogens with zero attached hydrogens (tertiary/aromatic N) is 3. The summed E-state index contributed by atoms with van der Waals surface area (Å²) in [6, 6.07) is 10.3. The molecule has 0 unspecified atom stereocenters. The summed E-state index contributed by atoms with van der Waals surface area (Å²) < 4.78 is 0. The highest BCUT2D eigenvalue weighted by atomic mass is 16.2. The Bertz CT molecular complexity index is 938. The van der Waals surface area contributed by atoms with E-state index < -0.39 is 0 Å². The smallest absolute Gasteiger partial charge is 0.233 e. The Balaban J connectivity index is 1.43. The highest BCUT2D eigenvalue weighted by Gasteiger charge is 2.45. The maximum Gasteiger partial charge on any atom is 0.233 e. The minimum Gasteiger partial charge on any atom is -0.340 e. The van der Waals surface area contributed by atoms with Crippen molar-refractivity contribution in [3.63, 3.8) is 0 Å². The van der Waals surface area contributed by atoms with Crippen LogP contribution in [0.2, 0.25) is 0 Å². The maximum absolute atomic E-state index is 13.6. The standard InChI is InChI=1S/C21H23N5O/c27-20(21(9-4-5-10-21)16-6-2-1-3-7-16)26-11-8-17-18(14-26)25-19(24-17)15-12-22-23-13-15/h1-3,6-7,12-13H,4-5,8-11,14H2,(H,22,23)(H,24,25). The van der Waals surface area contributed by atoms with Gasteiger partial charge >= 0.3 is 0 Å². The fourth-order valence-electron chi connectivity index (χ4n) is 4.65. The normalized spacial score (nSPS) is 18.4. The Hall–Kier alpha value is -2.89. The molecule has 6 heteroatoms. The molecular formula is C21H23N5O. The summed E-state index contributed by atoms with van der Waals surface area (Å²) >= 11 is 0. The van der Waals surface area contributed by atoms with Crippen LogP contribution in [0.5, 0.6) is 0 Å². The fourth-order valence-corrected chi connectivity index (χ4v) is 4.65. The van der Waals surface area contributed by atoms with Gasteiger partial charge in [0.25, 0.3) is 0 Å². The Morgan fingerprint density at radius 2 is 1.96 bits per heavy atom. The van der Waals surface area contributed by atoms with Crippen LogP contribution >= 0.6 is 0 Å². The summed E-state index contributed by atoms with van der Waals surface area (Å²) in [4.78, 5) is 23.8. The first-order chi connectivity index (χ1) is 13.3. The minimum absolute atomic E-state index is 0.274. The number of nitrogens with one attached hydrogen (secondary N) is 2. The first kappa shape index (κ1) is 16.3. The van der Waals surface area contributed by atoms with Gasteiger partial charge in [-0.25, -0.2) is 4.98 Å². The molecule has 0 atom stereocenters. The van der Waals surface area contributed by atoms with Gasteiger partial charge in [-0.15, -0.1) is 0 Å². The molecule has 2 aliphatic rings. The van der Waals surface area contributed by atoms with E-state index in [9.17, 15) is 4.79 Å². The molecule has 1 aromatic carbocycles. The fraction of sp³-hybridized carbons (Fsp3) is 0.381. The second kappa shape index (κ2) is 6.37. The highest BCUT2D eigenvalue weighted by molar-refractivity contribution is 5.88. The Morgan fingerprint density at radius 3 is 2.70 bits per heavy atom. The summed E-state index contributed by atoms with van der Waals surface area (Å²) in [6.45, 7) is 1.34. The third-order valence-electron chi connectivity index (χ3n) is 6.08. The Morgan fingerprint density at radius 1 is 1.15 bits per heavy atom. The zero-order valence-electron chi connectivity index (χ0n) is 15.2. The number of rotatable bonds is 3. The van der Waals surface area contributed by atoms with Gasteiger partial charge in [-0.3, -0.25) is 9.89 Å². The number of aromatic nitrogens is 4. The largest absolute Gasteiger partial charge is 0.340 e. The van der Waals surface area contributed by atoms with Crippen LogP contribution in [0.3, 0.4) is 0 Å². The summed E-state index contributed by atoms with van der Waals surface area (Å²) in [5, 5.41) is 6.81. The summed E-state index contributed by atoms with van der Waals surface area (Å²) in [5.41, 5.74) is 3.87. The van der Waals surface area contributed by atoms with Crippen molar-refractivity contribution in [2.75, 3.05) is 6.54 Å². The lowest BCUT2D eigenvalue weighted by Crippen LogP contribution is -2.47. The first-order valence-corrected chi connectivity index (χ1v) is 9.68. The number of benzene rings is 1. The van der Waals surface area contributed by atoms with Gasteiger partial charge in [-0.05, 0) is 18.4 Å². The van der Waals surface area contributed by atoms with Crippen molar-refractivity contribution in [3.05, 3.63) is 59.7 Å². The average Bonchev–Trinajstić information content (AvgIpc) is 3.48. The van der Waals surface area contributed by atoms with Crippen LogP contribution < -0.4 is 0 Å². The molecule has 0 radical (unpaired) electrons. The molecule has 3 heterocycles. The van der Waals surface area contributed by atoms with Gasteiger partial charge in [-0.1, -0.05) is 43.2 Å². The van der Waals surface area contributed by atoms with Crippen LogP contribution in [0.4, 0.5) is 0 Å². The van der Waals surface area contributed by atoms with Crippen LogP contribution in [0.15, 0.2) is 42.7 Å². The van der Waals surface area contributed by atoms with Crippen molar-refractivity contribution >= 4 is 5.91 Å². The number of carbonyl (C=O) groups excluding carboxylic acids is 1. The van der Waals surface area contributed by atoms with Crippen LogP contribution in [0.1, 0.15) is 42.6 Å². The van der Waals surface area contributed by atoms with Gasteiger partial charge in [0.1, 0.15) is 5.82 Å². The van der Waals surface area contributed by atoms with Crippen molar-refractivity contribution in [1.29, 1.82) is 0 Å².